The van der Waals surface area contributed by atoms with E-state index >= 15 is 0 Å². The van der Waals surface area contributed by atoms with Crippen LogP contribution < -0.4 is 5.32 Å². The van der Waals surface area contributed by atoms with Crippen molar-refractivity contribution in [2.75, 3.05) is 6.54 Å². The van der Waals surface area contributed by atoms with Gasteiger partial charge in [-0.1, -0.05) is 6.92 Å². The topological polar surface area (TPSA) is 69.6 Å². The van der Waals surface area contributed by atoms with Gasteiger partial charge in [-0.2, -0.15) is 0 Å². The number of nitrogens with one attached hydrogen (secondary N) is 1. The van der Waals surface area contributed by atoms with Crippen molar-refractivity contribution in [2.24, 2.45) is 5.92 Å². The van der Waals surface area contributed by atoms with Crippen molar-refractivity contribution >= 4 is 12.0 Å². The molecule has 5 nitrogen and oxygen atoms in total. The van der Waals surface area contributed by atoms with Crippen LogP contribution in [0.25, 0.3) is 0 Å². The monoisotopic (exact) mass is 256 g/mol. The van der Waals surface area contributed by atoms with E-state index in [0.717, 1.165) is 13.0 Å². The number of carboxylic acids is 1. The van der Waals surface area contributed by atoms with Gasteiger partial charge in [0.15, 0.2) is 0 Å². The molecule has 0 spiro atoms. The summed E-state index contributed by atoms with van der Waals surface area (Å²) in [4.78, 5) is 24.3. The van der Waals surface area contributed by atoms with E-state index in [9.17, 15) is 9.59 Å². The summed E-state index contributed by atoms with van der Waals surface area (Å²) >= 11 is 0. The number of hydrogen-bond donors (Lipinski definition) is 2. The lowest BCUT2D eigenvalue weighted by Gasteiger charge is -2.24. The first-order valence-corrected chi connectivity index (χ1v) is 6.69. The molecule has 1 aliphatic rings. The highest BCUT2D eigenvalue weighted by Crippen LogP contribution is 2.22. The molecular weight excluding hydrogens is 232 g/mol. The molecule has 5 heteroatoms. The van der Waals surface area contributed by atoms with Crippen molar-refractivity contribution in [3.63, 3.8) is 0 Å². The van der Waals surface area contributed by atoms with Gasteiger partial charge in [-0.25, -0.2) is 4.79 Å². The van der Waals surface area contributed by atoms with E-state index in [4.69, 9.17) is 5.11 Å². The fraction of sp³-hybridized carbons (Fsp3) is 0.846. The molecular formula is C13H24N2O3. The smallest absolute Gasteiger partial charge is 0.317 e. The molecule has 0 radical (unpaired) electrons. The number of urea groups is 1. The Morgan fingerprint density at radius 2 is 2.11 bits per heavy atom. The molecule has 0 aromatic rings. The van der Waals surface area contributed by atoms with Gasteiger partial charge < -0.3 is 15.3 Å². The lowest BCUT2D eigenvalue weighted by atomic mass is 10.1. The number of likely N-dealkylation sites (tertiary alicyclic amines) is 1. The minimum Gasteiger partial charge on any atom is -0.481 e. The highest BCUT2D eigenvalue weighted by atomic mass is 16.4. The van der Waals surface area contributed by atoms with Crippen LogP contribution in [0.15, 0.2) is 0 Å². The van der Waals surface area contributed by atoms with Crippen molar-refractivity contribution in [2.45, 2.75) is 58.5 Å². The molecule has 0 bridgehead atoms. The predicted molar refractivity (Wildman–Crippen MR) is 69.4 cm³/mol. The highest BCUT2D eigenvalue weighted by Gasteiger charge is 2.30. The normalized spacial score (nSPS) is 24.9. The summed E-state index contributed by atoms with van der Waals surface area (Å²) in [5.74, 6) is -0.219. The molecule has 3 unspecified atom stereocenters. The molecule has 18 heavy (non-hydrogen) atoms. The van der Waals surface area contributed by atoms with Crippen LogP contribution >= 0.6 is 0 Å². The number of amides is 2. The van der Waals surface area contributed by atoms with Gasteiger partial charge in [0.1, 0.15) is 0 Å². The third kappa shape index (κ3) is 4.55. The summed E-state index contributed by atoms with van der Waals surface area (Å²) in [5.41, 5.74) is 0. The molecule has 0 aromatic carbocycles. The summed E-state index contributed by atoms with van der Waals surface area (Å²) in [5, 5.41) is 11.5. The molecule has 0 aliphatic carbocycles. The molecule has 1 aliphatic heterocycles. The van der Waals surface area contributed by atoms with Gasteiger partial charge in [-0.15, -0.1) is 0 Å². The molecule has 104 valence electrons. The molecule has 2 amide bonds. The fourth-order valence-electron chi connectivity index (χ4n) is 2.51. The number of nitrogens with zero attached hydrogens (tertiary/aromatic N) is 1. The quantitative estimate of drug-likeness (QED) is 0.791. The third-order valence-corrected chi connectivity index (χ3v) is 3.44. The minimum atomic E-state index is -0.782. The minimum absolute atomic E-state index is 0.0188. The fourth-order valence-corrected chi connectivity index (χ4v) is 2.51. The number of carbonyl (C=O) groups excluding carboxylic acids is 1. The Bertz CT molecular complexity index is 307. The summed E-state index contributed by atoms with van der Waals surface area (Å²) in [6.45, 7) is 6.96. The average Bonchev–Trinajstić information content (AvgIpc) is 2.57. The molecule has 1 fully saturated rings. The first kappa shape index (κ1) is 14.8. The average molecular weight is 256 g/mol. The molecule has 1 heterocycles. The van der Waals surface area contributed by atoms with Crippen molar-refractivity contribution in [1.82, 2.24) is 10.2 Å². The lowest BCUT2D eigenvalue weighted by Crippen LogP contribution is -2.45. The van der Waals surface area contributed by atoms with E-state index in [-0.39, 0.29) is 18.5 Å². The maximum Gasteiger partial charge on any atom is 0.317 e. The standard InChI is InChI=1S/C13H24N2O3/c1-9-7-11(3)15(8-9)13(18)14-10(2)5-4-6-12(16)17/h9-11H,4-8H2,1-3H3,(H,14,18)(H,16,17). The first-order valence-electron chi connectivity index (χ1n) is 6.69. The van der Waals surface area contributed by atoms with Gasteiger partial charge in [0.25, 0.3) is 0 Å². The SMILES string of the molecule is CC1CC(C)N(C(=O)NC(C)CCCC(=O)O)C1. The van der Waals surface area contributed by atoms with Gasteiger partial charge in [0.05, 0.1) is 0 Å². The Morgan fingerprint density at radius 1 is 1.44 bits per heavy atom. The van der Waals surface area contributed by atoms with Crippen molar-refractivity contribution < 1.29 is 14.7 Å². The van der Waals surface area contributed by atoms with Crippen LogP contribution in [-0.2, 0) is 4.79 Å². The zero-order valence-electron chi connectivity index (χ0n) is 11.5. The second-order valence-corrected chi connectivity index (χ2v) is 5.48. The number of rotatable bonds is 5. The van der Waals surface area contributed by atoms with E-state index in [1.54, 1.807) is 0 Å². The van der Waals surface area contributed by atoms with E-state index in [1.807, 2.05) is 11.8 Å². The van der Waals surface area contributed by atoms with Crippen LogP contribution in [0.3, 0.4) is 0 Å². The van der Waals surface area contributed by atoms with E-state index in [1.165, 1.54) is 0 Å². The largest absolute Gasteiger partial charge is 0.481 e. The van der Waals surface area contributed by atoms with Crippen LogP contribution in [0.1, 0.15) is 46.5 Å². The zero-order valence-corrected chi connectivity index (χ0v) is 11.5. The Kier molecular flexibility index (Phi) is 5.44. The number of carbonyl (C=O) groups is 2. The van der Waals surface area contributed by atoms with E-state index in [2.05, 4.69) is 19.2 Å². The third-order valence-electron chi connectivity index (χ3n) is 3.44. The number of hydrogen-bond acceptors (Lipinski definition) is 2. The number of aliphatic carboxylic acids is 1. The van der Waals surface area contributed by atoms with Crippen LogP contribution in [0.5, 0.6) is 0 Å². The van der Waals surface area contributed by atoms with Crippen molar-refractivity contribution in [1.29, 1.82) is 0 Å². The second kappa shape index (κ2) is 6.61. The lowest BCUT2D eigenvalue weighted by molar-refractivity contribution is -0.137. The highest BCUT2D eigenvalue weighted by molar-refractivity contribution is 5.75. The molecule has 1 rings (SSSR count). The summed E-state index contributed by atoms with van der Waals surface area (Å²) in [6, 6.07) is 0.306. The summed E-state index contributed by atoms with van der Waals surface area (Å²) in [6.07, 6.45) is 2.52. The maximum atomic E-state index is 12.0. The molecule has 0 aromatic heterocycles. The summed E-state index contributed by atoms with van der Waals surface area (Å²) in [7, 11) is 0. The van der Waals surface area contributed by atoms with Crippen LogP contribution in [0.4, 0.5) is 4.79 Å². The maximum absolute atomic E-state index is 12.0. The molecule has 1 saturated heterocycles. The van der Waals surface area contributed by atoms with E-state index < -0.39 is 5.97 Å². The molecule has 2 N–H and O–H groups in total. The van der Waals surface area contributed by atoms with Crippen molar-refractivity contribution in [3.8, 4) is 0 Å². The predicted octanol–water partition coefficient (Wildman–Crippen LogP) is 2.07. The molecule has 3 atom stereocenters. The zero-order chi connectivity index (χ0) is 13.7. The Labute approximate surface area is 109 Å². The summed E-state index contributed by atoms with van der Waals surface area (Å²) < 4.78 is 0. The Hall–Kier alpha value is -1.26. The van der Waals surface area contributed by atoms with Gasteiger partial charge in [-0.05, 0) is 39.0 Å². The van der Waals surface area contributed by atoms with Crippen LogP contribution in [0.2, 0.25) is 0 Å². The Balaban J connectivity index is 2.29. The number of carboxylic acid groups (broad SMARTS) is 1. The second-order valence-electron chi connectivity index (χ2n) is 5.48. The van der Waals surface area contributed by atoms with Gasteiger partial charge in [0.2, 0.25) is 0 Å². The van der Waals surface area contributed by atoms with Gasteiger partial charge in [-0.3, -0.25) is 4.79 Å². The van der Waals surface area contributed by atoms with Crippen LogP contribution in [0, 0.1) is 5.92 Å². The van der Waals surface area contributed by atoms with E-state index in [0.29, 0.717) is 24.8 Å². The van der Waals surface area contributed by atoms with Gasteiger partial charge >= 0.3 is 12.0 Å². The molecule has 0 saturated carbocycles. The Morgan fingerprint density at radius 3 is 2.61 bits per heavy atom. The van der Waals surface area contributed by atoms with Gasteiger partial charge in [0, 0.05) is 25.0 Å². The van der Waals surface area contributed by atoms with Crippen LogP contribution in [-0.4, -0.2) is 40.6 Å². The first-order chi connectivity index (χ1) is 8.40. The van der Waals surface area contributed by atoms with Crippen molar-refractivity contribution in [3.05, 3.63) is 0 Å².